The van der Waals surface area contributed by atoms with E-state index in [0.717, 1.165) is 50.1 Å². The summed E-state index contributed by atoms with van der Waals surface area (Å²) in [6.45, 7) is 0. The number of benzene rings is 13. The van der Waals surface area contributed by atoms with Crippen LogP contribution in [0.1, 0.15) is 44.5 Å². The number of fused-ring (bicyclic) bond motifs is 27. The van der Waals surface area contributed by atoms with E-state index < -0.39 is 10.8 Å². The molecule has 19 rings (SSSR count). The van der Waals surface area contributed by atoms with Crippen LogP contribution in [0.25, 0.3) is 105 Å². The number of rotatable bonds is 4. The number of para-hydroxylation sites is 4. The number of furan rings is 1. The molecule has 15 aromatic rings. The Morgan fingerprint density at radius 2 is 0.815 bits per heavy atom. The highest BCUT2D eigenvalue weighted by atomic mass is 16.3. The van der Waals surface area contributed by atoms with Gasteiger partial charge >= 0.3 is 0 Å². The van der Waals surface area contributed by atoms with E-state index in [4.69, 9.17) is 4.42 Å². The van der Waals surface area contributed by atoms with Gasteiger partial charge in [-0.25, -0.2) is 0 Å². The van der Waals surface area contributed by atoms with E-state index in [9.17, 15) is 0 Å². The zero-order chi connectivity index (χ0) is 52.7. The van der Waals surface area contributed by atoms with Crippen LogP contribution in [0, 0.1) is 0 Å². The molecule has 4 aliphatic rings. The van der Waals surface area contributed by atoms with Crippen LogP contribution < -0.4 is 4.90 Å². The monoisotopic (exact) mass is 1030 g/mol. The second kappa shape index (κ2) is 15.6. The lowest BCUT2D eigenvalue weighted by Crippen LogP contribution is -2.33. The molecule has 3 aliphatic carbocycles. The molecule has 3 heterocycles. The molecule has 3 heteroatoms. The summed E-state index contributed by atoms with van der Waals surface area (Å²) in [7, 11) is 0. The largest absolute Gasteiger partial charge is 0.456 e. The Morgan fingerprint density at radius 3 is 1.56 bits per heavy atom. The first-order chi connectivity index (χ1) is 40.2. The summed E-state index contributed by atoms with van der Waals surface area (Å²) in [6.07, 6.45) is 0. The van der Waals surface area contributed by atoms with E-state index in [0.29, 0.717) is 0 Å². The van der Waals surface area contributed by atoms with Crippen molar-refractivity contribution >= 4 is 71.6 Å². The lowest BCUT2D eigenvalue weighted by Gasteiger charge is -2.40. The third-order valence-electron chi connectivity index (χ3n) is 19.0. The van der Waals surface area contributed by atoms with Gasteiger partial charge in [-0.3, -0.25) is 0 Å². The van der Waals surface area contributed by atoms with Crippen LogP contribution in [0.15, 0.2) is 283 Å². The summed E-state index contributed by atoms with van der Waals surface area (Å²) < 4.78 is 8.99. The fourth-order valence-corrected chi connectivity index (χ4v) is 15.9. The molecule has 374 valence electrons. The third kappa shape index (κ3) is 5.34. The molecule has 1 aliphatic heterocycles. The van der Waals surface area contributed by atoms with Gasteiger partial charge in [-0.2, -0.15) is 0 Å². The lowest BCUT2D eigenvalue weighted by atomic mass is 9.65. The second-order valence-electron chi connectivity index (χ2n) is 22.5. The average Bonchev–Trinajstić information content (AvgIpc) is 2.09. The summed E-state index contributed by atoms with van der Waals surface area (Å²) >= 11 is 0. The third-order valence-corrected chi connectivity index (χ3v) is 19.0. The molecule has 0 N–H and O–H groups in total. The van der Waals surface area contributed by atoms with Crippen LogP contribution in [0.5, 0.6) is 0 Å². The van der Waals surface area contributed by atoms with Gasteiger partial charge in [0.1, 0.15) is 11.2 Å². The Hall–Kier alpha value is -10.5. The normalized spacial score (nSPS) is 15.3. The van der Waals surface area contributed by atoms with Gasteiger partial charge in [0.25, 0.3) is 0 Å². The topological polar surface area (TPSA) is 21.3 Å². The first kappa shape index (κ1) is 43.5. The lowest BCUT2D eigenvalue weighted by molar-refractivity contribution is 0.669. The van der Waals surface area contributed by atoms with Crippen LogP contribution >= 0.6 is 0 Å². The van der Waals surface area contributed by atoms with Gasteiger partial charge in [-0.05, 0) is 155 Å². The number of hydrogen-bond donors (Lipinski definition) is 0. The van der Waals surface area contributed by atoms with Crippen molar-refractivity contribution in [3.05, 3.63) is 324 Å². The van der Waals surface area contributed by atoms with Gasteiger partial charge in [0.15, 0.2) is 0 Å². The smallest absolute Gasteiger partial charge is 0.136 e. The predicted octanol–water partition coefficient (Wildman–Crippen LogP) is 20.0. The number of nitrogens with zero attached hydrogens (tertiary/aromatic N) is 2. The number of aromatic nitrogens is 1. The molecule has 1 unspecified atom stereocenters. The van der Waals surface area contributed by atoms with Gasteiger partial charge in [-0.15, -0.1) is 0 Å². The van der Waals surface area contributed by atoms with Gasteiger partial charge in [0.05, 0.1) is 33.2 Å². The molecule has 0 amide bonds. The van der Waals surface area contributed by atoms with Crippen molar-refractivity contribution in [2.75, 3.05) is 4.90 Å². The molecule has 2 spiro atoms. The van der Waals surface area contributed by atoms with E-state index in [1.807, 2.05) is 6.07 Å². The van der Waals surface area contributed by atoms with Crippen molar-refractivity contribution in [2.45, 2.75) is 10.8 Å². The quantitative estimate of drug-likeness (QED) is 0.175. The maximum absolute atomic E-state index is 6.45. The van der Waals surface area contributed by atoms with Crippen LogP contribution in [-0.2, 0) is 10.8 Å². The van der Waals surface area contributed by atoms with Crippen molar-refractivity contribution in [3.63, 3.8) is 0 Å². The van der Waals surface area contributed by atoms with Crippen LogP contribution in [0.4, 0.5) is 17.1 Å². The molecule has 0 radical (unpaired) electrons. The Labute approximate surface area is 467 Å². The summed E-state index contributed by atoms with van der Waals surface area (Å²) in [5.74, 6) is 0. The zero-order valence-electron chi connectivity index (χ0n) is 43.9. The Balaban J connectivity index is 0.902. The highest BCUT2D eigenvalue weighted by Gasteiger charge is 2.54. The SMILES string of the molecule is c1ccc2c(c1)-c1ccccc1C21c2ccccc2-c2c1cc(N(c1ccc(-c3ccc4c(c3)oc3ccccc34)cc1)c1ccc3c(c1)C1(c4ccccc4-3)c3ccccc3-n3c4ccccc4c4cccc1c43)c1ccccc21. The molecule has 81 heavy (non-hydrogen) atoms. The second-order valence-corrected chi connectivity index (χ2v) is 22.5. The van der Waals surface area contributed by atoms with Crippen molar-refractivity contribution in [2.24, 2.45) is 0 Å². The fraction of sp³-hybridized carbons (Fsp3) is 0.0256. The summed E-state index contributed by atoms with van der Waals surface area (Å²) in [4.78, 5) is 2.57. The first-order valence-corrected chi connectivity index (χ1v) is 28.2. The highest BCUT2D eigenvalue weighted by Crippen LogP contribution is 2.66. The van der Waals surface area contributed by atoms with E-state index in [1.165, 1.54) is 116 Å². The Morgan fingerprint density at radius 1 is 0.296 bits per heavy atom. The fourth-order valence-electron chi connectivity index (χ4n) is 15.9. The Bertz CT molecular complexity index is 5220. The summed E-state index contributed by atoms with van der Waals surface area (Å²) in [6, 6.07) is 105. The molecular weight excluding hydrogens is 981 g/mol. The maximum Gasteiger partial charge on any atom is 0.136 e. The standard InChI is InChI=1S/C78H46N2O/c1-2-24-59-55(21-1)72(46-69-75(59)61-25-6-12-30-65(61)77(69)62-27-9-3-18-51(62)52-19-4-10-28-63(52)77)79(49-39-36-47(37-40-49)48-38-42-58-57-23-8-16-35-73(57)81-74(58)44-48)50-41-43-54-53-20-5-11-29-64(53)78(68(54)45-50)66-31-13-15-34-71(66)80-70-33-14-7-22-56(70)60-26-17-32-67(78)76(60)80/h1-46H. The van der Waals surface area contributed by atoms with Crippen molar-refractivity contribution in [1.82, 2.24) is 4.57 Å². The minimum absolute atomic E-state index is 0.546. The molecule has 0 fully saturated rings. The molecule has 0 saturated carbocycles. The van der Waals surface area contributed by atoms with E-state index in [-0.39, 0.29) is 0 Å². The first-order valence-electron chi connectivity index (χ1n) is 28.2. The van der Waals surface area contributed by atoms with Crippen LogP contribution in [0.2, 0.25) is 0 Å². The molecule has 13 aromatic carbocycles. The van der Waals surface area contributed by atoms with Gasteiger partial charge in [0, 0.05) is 38.3 Å². The van der Waals surface area contributed by atoms with Crippen LogP contribution in [-0.4, -0.2) is 4.57 Å². The number of hydrogen-bond acceptors (Lipinski definition) is 2. The van der Waals surface area contributed by atoms with Crippen molar-refractivity contribution in [3.8, 4) is 50.2 Å². The van der Waals surface area contributed by atoms with Crippen LogP contribution in [0.3, 0.4) is 0 Å². The molecule has 0 bridgehead atoms. The zero-order valence-corrected chi connectivity index (χ0v) is 43.9. The average molecular weight is 1030 g/mol. The number of anilines is 3. The van der Waals surface area contributed by atoms with Gasteiger partial charge < -0.3 is 13.9 Å². The van der Waals surface area contributed by atoms with Crippen molar-refractivity contribution < 1.29 is 4.42 Å². The Kier molecular flexibility index (Phi) is 8.39. The van der Waals surface area contributed by atoms with Gasteiger partial charge in [-0.1, -0.05) is 218 Å². The predicted molar refractivity (Wildman–Crippen MR) is 333 cm³/mol. The molecule has 0 saturated heterocycles. The molecule has 3 nitrogen and oxygen atoms in total. The minimum atomic E-state index is -0.629. The molecular formula is C78H46N2O. The van der Waals surface area contributed by atoms with Crippen molar-refractivity contribution in [1.29, 1.82) is 0 Å². The van der Waals surface area contributed by atoms with E-state index >= 15 is 0 Å². The van der Waals surface area contributed by atoms with E-state index in [2.05, 4.69) is 282 Å². The summed E-state index contributed by atoms with van der Waals surface area (Å²) in [5.41, 5.74) is 28.1. The molecule has 2 aromatic heterocycles. The minimum Gasteiger partial charge on any atom is -0.456 e. The van der Waals surface area contributed by atoms with Gasteiger partial charge in [0.2, 0.25) is 0 Å². The molecule has 1 atom stereocenters. The van der Waals surface area contributed by atoms with E-state index in [1.54, 1.807) is 0 Å². The summed E-state index contributed by atoms with van der Waals surface area (Å²) in [5, 5.41) is 7.24. The maximum atomic E-state index is 6.45. The highest BCUT2D eigenvalue weighted by molar-refractivity contribution is 6.15.